The van der Waals surface area contributed by atoms with Crippen LogP contribution in [0.4, 0.5) is 0 Å². The highest BCUT2D eigenvalue weighted by Gasteiger charge is 2.16. The molecule has 0 N–H and O–H groups in total. The minimum absolute atomic E-state index is 1.25. The fraction of sp³-hybridized carbons (Fsp3) is 0. The van der Waals surface area contributed by atoms with Crippen molar-refractivity contribution in [3.05, 3.63) is 170 Å². The molecule has 2 heterocycles. The van der Waals surface area contributed by atoms with Crippen molar-refractivity contribution >= 4 is 117 Å². The molecule has 2 heteroatoms. The van der Waals surface area contributed by atoms with Gasteiger partial charge in [-0.25, -0.2) is 0 Å². The van der Waals surface area contributed by atoms with Gasteiger partial charge in [0.1, 0.15) is 0 Å². The Labute approximate surface area is 307 Å². The summed E-state index contributed by atoms with van der Waals surface area (Å²) >= 11 is 3.78. The van der Waals surface area contributed by atoms with Crippen LogP contribution in [0, 0.1) is 0 Å². The molecular weight excluding hydrogens is 665 g/mol. The summed E-state index contributed by atoms with van der Waals surface area (Å²) in [6, 6.07) is 63.7. The summed E-state index contributed by atoms with van der Waals surface area (Å²) in [6.07, 6.45) is 0. The van der Waals surface area contributed by atoms with E-state index in [9.17, 15) is 0 Å². The first-order chi connectivity index (χ1) is 25.8. The molecule has 0 nitrogen and oxygen atoms in total. The van der Waals surface area contributed by atoms with Crippen LogP contribution in [0.5, 0.6) is 0 Å². The first kappa shape index (κ1) is 28.6. The highest BCUT2D eigenvalue weighted by Crippen LogP contribution is 2.46. The normalized spacial score (nSPS) is 12.2. The van der Waals surface area contributed by atoms with Crippen LogP contribution in [0.1, 0.15) is 0 Å². The Morgan fingerprint density at radius 2 is 0.769 bits per heavy atom. The van der Waals surface area contributed by atoms with E-state index in [-0.39, 0.29) is 0 Å². The first-order valence-electron chi connectivity index (χ1n) is 17.8. The van der Waals surface area contributed by atoms with Crippen molar-refractivity contribution in [3.8, 4) is 22.3 Å². The fourth-order valence-electron chi connectivity index (χ4n) is 8.85. The molecule has 12 aromatic rings. The largest absolute Gasteiger partial charge is 0.135 e. The molecule has 0 aliphatic carbocycles. The molecule has 0 amide bonds. The van der Waals surface area contributed by atoms with Crippen LogP contribution >= 0.6 is 22.7 Å². The van der Waals surface area contributed by atoms with Crippen molar-refractivity contribution in [2.45, 2.75) is 0 Å². The molecular formula is C50H28S2. The van der Waals surface area contributed by atoms with Crippen molar-refractivity contribution in [3.63, 3.8) is 0 Å². The minimum atomic E-state index is 1.25. The van der Waals surface area contributed by atoms with Crippen LogP contribution in [0.15, 0.2) is 170 Å². The number of fused-ring (bicyclic) bond motifs is 16. The van der Waals surface area contributed by atoms with Gasteiger partial charge in [0.2, 0.25) is 0 Å². The Bertz CT molecular complexity index is 3450. The van der Waals surface area contributed by atoms with Gasteiger partial charge >= 0.3 is 0 Å². The zero-order valence-corrected chi connectivity index (χ0v) is 29.6. The molecule has 0 saturated heterocycles. The lowest BCUT2D eigenvalue weighted by atomic mass is 9.90. The van der Waals surface area contributed by atoms with E-state index in [4.69, 9.17) is 0 Å². The summed E-state index contributed by atoms with van der Waals surface area (Å²) in [5.74, 6) is 0. The Balaban J connectivity index is 1.05. The van der Waals surface area contributed by atoms with Gasteiger partial charge in [-0.1, -0.05) is 127 Å². The maximum absolute atomic E-state index is 2.43. The van der Waals surface area contributed by atoms with Gasteiger partial charge in [0.25, 0.3) is 0 Å². The molecule has 0 bridgehead atoms. The molecule has 0 radical (unpaired) electrons. The van der Waals surface area contributed by atoms with Gasteiger partial charge in [-0.2, -0.15) is 0 Å². The molecule has 0 spiro atoms. The van der Waals surface area contributed by atoms with E-state index in [1.165, 1.54) is 116 Å². The number of hydrogen-bond acceptors (Lipinski definition) is 2. The summed E-state index contributed by atoms with van der Waals surface area (Å²) in [5.41, 5.74) is 5.04. The Morgan fingerprint density at radius 1 is 0.250 bits per heavy atom. The second kappa shape index (κ2) is 10.7. The minimum Gasteiger partial charge on any atom is -0.135 e. The van der Waals surface area contributed by atoms with Crippen molar-refractivity contribution in [2.24, 2.45) is 0 Å². The van der Waals surface area contributed by atoms with Gasteiger partial charge < -0.3 is 0 Å². The second-order valence-electron chi connectivity index (χ2n) is 14.0. The summed E-state index contributed by atoms with van der Waals surface area (Å²) in [7, 11) is 0. The van der Waals surface area contributed by atoms with Crippen molar-refractivity contribution in [1.82, 2.24) is 0 Å². The summed E-state index contributed by atoms with van der Waals surface area (Å²) in [5, 5.41) is 18.5. The highest BCUT2D eigenvalue weighted by atomic mass is 32.1. The maximum atomic E-state index is 2.43. The number of thiophene rings is 2. The lowest BCUT2D eigenvalue weighted by molar-refractivity contribution is 1.70. The van der Waals surface area contributed by atoms with Gasteiger partial charge in [0.05, 0.1) is 0 Å². The molecule has 0 saturated carbocycles. The van der Waals surface area contributed by atoms with Crippen LogP contribution in [-0.4, -0.2) is 0 Å². The third-order valence-corrected chi connectivity index (χ3v) is 13.5. The van der Waals surface area contributed by atoms with Crippen LogP contribution in [0.25, 0.3) is 116 Å². The second-order valence-corrected chi connectivity index (χ2v) is 16.1. The van der Waals surface area contributed by atoms with Crippen LogP contribution in [-0.2, 0) is 0 Å². The van der Waals surface area contributed by atoms with Gasteiger partial charge in [-0.3, -0.25) is 0 Å². The van der Waals surface area contributed by atoms with Crippen LogP contribution < -0.4 is 0 Å². The SMILES string of the molecule is c1ccc2c(c1)ccc1c(-c3ccc4sc5ccc(-c6ccc7c(c6)c6ccccc6c6c7ccc7sc8ccccc8c76)cc5c4c3)cccc12. The lowest BCUT2D eigenvalue weighted by Crippen LogP contribution is -1.86. The third kappa shape index (κ3) is 4.02. The number of benzene rings is 10. The molecule has 0 atom stereocenters. The van der Waals surface area contributed by atoms with Crippen molar-refractivity contribution < 1.29 is 0 Å². The lowest BCUT2D eigenvalue weighted by Gasteiger charge is -2.13. The van der Waals surface area contributed by atoms with Gasteiger partial charge in [0, 0.05) is 40.3 Å². The molecule has 10 aromatic carbocycles. The molecule has 52 heavy (non-hydrogen) atoms. The quantitative estimate of drug-likeness (QED) is 0.158. The molecule has 0 unspecified atom stereocenters. The summed E-state index contributed by atoms with van der Waals surface area (Å²) in [6.45, 7) is 0. The maximum Gasteiger partial charge on any atom is 0.0362 e. The standard InChI is InChI=1S/C50H28S2/c1-2-9-33-29(8-1)16-20-37-34(13-7-14-35(33)37)32-19-24-47-44(28-32)43-27-31(18-23-46(43)51-47)30-17-21-38-40-22-25-48-50(41-12-5-6-15-45(41)52-48)49(40)39-11-4-3-10-36(39)42(38)26-30/h1-28H. The topological polar surface area (TPSA) is 0 Å². The summed E-state index contributed by atoms with van der Waals surface area (Å²) in [4.78, 5) is 0. The molecule has 12 rings (SSSR count). The Hall–Kier alpha value is -6.06. The predicted octanol–water partition coefficient (Wildman–Crippen LogP) is 15.5. The smallest absolute Gasteiger partial charge is 0.0362 e. The monoisotopic (exact) mass is 692 g/mol. The van der Waals surface area contributed by atoms with Gasteiger partial charge in [-0.15, -0.1) is 22.7 Å². The van der Waals surface area contributed by atoms with Crippen molar-refractivity contribution in [2.75, 3.05) is 0 Å². The average molecular weight is 693 g/mol. The van der Waals surface area contributed by atoms with E-state index in [1.807, 2.05) is 22.7 Å². The number of hydrogen-bond donors (Lipinski definition) is 0. The van der Waals surface area contributed by atoms with E-state index in [0.29, 0.717) is 0 Å². The molecule has 0 aliphatic heterocycles. The molecule has 0 aliphatic rings. The Morgan fingerprint density at radius 3 is 1.63 bits per heavy atom. The molecule has 2 aromatic heterocycles. The number of rotatable bonds is 2. The van der Waals surface area contributed by atoms with Gasteiger partial charge in [0.15, 0.2) is 0 Å². The van der Waals surface area contributed by atoms with E-state index in [1.54, 1.807) is 0 Å². The van der Waals surface area contributed by atoms with E-state index in [0.717, 1.165) is 0 Å². The van der Waals surface area contributed by atoms with Crippen LogP contribution in [0.3, 0.4) is 0 Å². The predicted molar refractivity (Wildman–Crippen MR) is 231 cm³/mol. The first-order valence-corrected chi connectivity index (χ1v) is 19.5. The average Bonchev–Trinajstić information content (AvgIpc) is 3.78. The van der Waals surface area contributed by atoms with Gasteiger partial charge in [-0.05, 0) is 119 Å². The molecule has 0 fully saturated rings. The Kier molecular flexibility index (Phi) is 5.90. The molecule has 240 valence electrons. The van der Waals surface area contributed by atoms with Crippen LogP contribution in [0.2, 0.25) is 0 Å². The van der Waals surface area contributed by atoms with E-state index < -0.39 is 0 Å². The zero-order chi connectivity index (χ0) is 33.9. The fourth-order valence-corrected chi connectivity index (χ4v) is 11.0. The van der Waals surface area contributed by atoms with Crippen molar-refractivity contribution in [1.29, 1.82) is 0 Å². The van der Waals surface area contributed by atoms with E-state index >= 15 is 0 Å². The highest BCUT2D eigenvalue weighted by molar-refractivity contribution is 7.26. The van der Waals surface area contributed by atoms with E-state index in [2.05, 4.69) is 170 Å². The summed E-state index contributed by atoms with van der Waals surface area (Å²) < 4.78 is 5.34. The third-order valence-electron chi connectivity index (χ3n) is 11.2. The zero-order valence-electron chi connectivity index (χ0n) is 28.0.